The predicted molar refractivity (Wildman–Crippen MR) is 88.1 cm³/mol. The van der Waals surface area contributed by atoms with Crippen LogP contribution in [0.1, 0.15) is 29.8 Å². The van der Waals surface area contributed by atoms with Crippen LogP contribution in [0.15, 0.2) is 30.0 Å². The summed E-state index contributed by atoms with van der Waals surface area (Å²) in [5, 5.41) is 2.13. The van der Waals surface area contributed by atoms with Crippen LogP contribution in [0.3, 0.4) is 0 Å². The summed E-state index contributed by atoms with van der Waals surface area (Å²) in [5.74, 6) is 0.869. The Hall–Kier alpha value is -1.95. The van der Waals surface area contributed by atoms with Gasteiger partial charge in [-0.05, 0) is 29.9 Å². The molecule has 0 bridgehead atoms. The molecule has 1 amide bonds. The molecule has 1 atom stereocenters. The van der Waals surface area contributed by atoms with Gasteiger partial charge in [0.2, 0.25) is 5.91 Å². The van der Waals surface area contributed by atoms with Crippen LogP contribution >= 0.6 is 11.3 Å². The van der Waals surface area contributed by atoms with E-state index in [1.165, 1.54) is 10.4 Å². The molecule has 0 aromatic carbocycles. The van der Waals surface area contributed by atoms with E-state index in [2.05, 4.69) is 28.3 Å². The molecule has 0 fully saturated rings. The predicted octanol–water partition coefficient (Wildman–Crippen LogP) is 2.51. The zero-order valence-corrected chi connectivity index (χ0v) is 13.7. The number of fused-ring (bicyclic) bond motifs is 1. The Morgan fingerprint density at radius 2 is 2.36 bits per heavy atom. The highest BCUT2D eigenvalue weighted by molar-refractivity contribution is 7.10. The van der Waals surface area contributed by atoms with E-state index < -0.39 is 0 Å². The van der Waals surface area contributed by atoms with Crippen LogP contribution in [0.25, 0.3) is 0 Å². The normalized spacial score (nSPS) is 17.2. The van der Waals surface area contributed by atoms with Crippen LogP contribution in [0.5, 0.6) is 0 Å². The second-order valence-electron chi connectivity index (χ2n) is 5.48. The number of hydrogen-bond acceptors (Lipinski definition) is 5. The molecule has 3 heterocycles. The van der Waals surface area contributed by atoms with Crippen molar-refractivity contribution < 1.29 is 4.79 Å². The molecule has 0 aliphatic carbocycles. The summed E-state index contributed by atoms with van der Waals surface area (Å²) in [4.78, 5) is 26.3. The Labute approximate surface area is 134 Å². The minimum atomic E-state index is 0.150. The highest BCUT2D eigenvalue weighted by Crippen LogP contribution is 2.35. The number of aromatic nitrogens is 2. The van der Waals surface area contributed by atoms with E-state index in [4.69, 9.17) is 0 Å². The van der Waals surface area contributed by atoms with E-state index in [0.717, 1.165) is 25.2 Å². The summed E-state index contributed by atoms with van der Waals surface area (Å²) in [6.07, 6.45) is 6.87. The molecule has 0 saturated carbocycles. The van der Waals surface area contributed by atoms with E-state index in [1.807, 2.05) is 16.8 Å². The molecule has 116 valence electrons. The molecule has 0 N–H and O–H groups in total. The van der Waals surface area contributed by atoms with Gasteiger partial charge in [-0.1, -0.05) is 6.92 Å². The van der Waals surface area contributed by atoms with E-state index >= 15 is 0 Å². The highest BCUT2D eigenvalue weighted by atomic mass is 32.1. The van der Waals surface area contributed by atoms with Crippen LogP contribution in [-0.4, -0.2) is 40.9 Å². The van der Waals surface area contributed by atoms with Crippen molar-refractivity contribution in [1.29, 1.82) is 0 Å². The molecule has 3 rings (SSSR count). The van der Waals surface area contributed by atoms with Gasteiger partial charge in [-0.15, -0.1) is 11.3 Å². The third-order valence-electron chi connectivity index (χ3n) is 4.11. The molecule has 1 unspecified atom stereocenters. The first-order chi connectivity index (χ1) is 10.7. The van der Waals surface area contributed by atoms with Crippen LogP contribution < -0.4 is 4.90 Å². The zero-order chi connectivity index (χ0) is 15.5. The van der Waals surface area contributed by atoms with E-state index in [9.17, 15) is 4.79 Å². The molecular formula is C16H20N4OS. The minimum Gasteiger partial charge on any atom is -0.349 e. The smallest absolute Gasteiger partial charge is 0.242 e. The Bertz CT molecular complexity index is 643. The quantitative estimate of drug-likeness (QED) is 0.869. The molecule has 2 aromatic rings. The van der Waals surface area contributed by atoms with Gasteiger partial charge >= 0.3 is 0 Å². The number of likely N-dealkylation sites (N-methyl/N-ethyl adjacent to an activating group) is 1. The number of thiophene rings is 1. The molecule has 22 heavy (non-hydrogen) atoms. The van der Waals surface area contributed by atoms with Gasteiger partial charge in [0.15, 0.2) is 0 Å². The SMILES string of the molecule is CCC1c2ccsc2CCN1C(=O)CN(C)c1cnccn1. The lowest BCUT2D eigenvalue weighted by atomic mass is 9.98. The number of amides is 1. The van der Waals surface area contributed by atoms with Gasteiger partial charge in [-0.25, -0.2) is 4.98 Å². The first-order valence-electron chi connectivity index (χ1n) is 7.53. The third-order valence-corrected chi connectivity index (χ3v) is 5.11. The van der Waals surface area contributed by atoms with Crippen molar-refractivity contribution in [2.75, 3.05) is 25.0 Å². The molecule has 1 aliphatic rings. The lowest BCUT2D eigenvalue weighted by Crippen LogP contribution is -2.44. The van der Waals surface area contributed by atoms with Gasteiger partial charge in [0.25, 0.3) is 0 Å². The van der Waals surface area contributed by atoms with Gasteiger partial charge in [-0.2, -0.15) is 0 Å². The summed E-state index contributed by atoms with van der Waals surface area (Å²) in [5.41, 5.74) is 1.33. The lowest BCUT2D eigenvalue weighted by molar-refractivity contribution is -0.132. The van der Waals surface area contributed by atoms with Gasteiger partial charge in [0, 0.05) is 30.9 Å². The summed E-state index contributed by atoms with van der Waals surface area (Å²) < 4.78 is 0. The van der Waals surface area contributed by atoms with Crippen molar-refractivity contribution in [1.82, 2.24) is 14.9 Å². The number of nitrogens with zero attached hydrogens (tertiary/aromatic N) is 4. The van der Waals surface area contributed by atoms with Gasteiger partial charge in [-0.3, -0.25) is 9.78 Å². The Morgan fingerprint density at radius 3 is 3.09 bits per heavy atom. The second kappa shape index (κ2) is 6.44. The maximum Gasteiger partial charge on any atom is 0.242 e. The first-order valence-corrected chi connectivity index (χ1v) is 8.41. The molecule has 5 nitrogen and oxygen atoms in total. The van der Waals surface area contributed by atoms with E-state index in [0.29, 0.717) is 6.54 Å². The number of carbonyl (C=O) groups excluding carboxylic acids is 1. The summed E-state index contributed by atoms with van der Waals surface area (Å²) in [7, 11) is 1.88. The zero-order valence-electron chi connectivity index (χ0n) is 12.9. The van der Waals surface area contributed by atoms with Gasteiger partial charge in [0.1, 0.15) is 5.82 Å². The van der Waals surface area contributed by atoms with Crippen molar-refractivity contribution in [3.63, 3.8) is 0 Å². The number of rotatable bonds is 4. The van der Waals surface area contributed by atoms with Crippen molar-refractivity contribution in [3.8, 4) is 0 Å². The minimum absolute atomic E-state index is 0.150. The third kappa shape index (κ3) is 2.83. The molecule has 6 heteroatoms. The van der Waals surface area contributed by atoms with Crippen molar-refractivity contribution >= 4 is 23.1 Å². The van der Waals surface area contributed by atoms with Crippen LogP contribution in [0, 0.1) is 0 Å². The summed E-state index contributed by atoms with van der Waals surface area (Å²) in [6, 6.07) is 2.37. The second-order valence-corrected chi connectivity index (χ2v) is 6.48. The Balaban J connectivity index is 1.72. The Kier molecular flexibility index (Phi) is 4.38. The molecular weight excluding hydrogens is 296 g/mol. The standard InChI is InChI=1S/C16H20N4OS/c1-3-13-12-5-9-22-14(12)4-8-20(13)16(21)11-19(2)15-10-17-6-7-18-15/h5-7,9-10,13H,3-4,8,11H2,1-2H3. The summed E-state index contributed by atoms with van der Waals surface area (Å²) >= 11 is 1.80. The van der Waals surface area contributed by atoms with Crippen LogP contribution in [0.4, 0.5) is 5.82 Å². The number of hydrogen-bond donors (Lipinski definition) is 0. The average molecular weight is 316 g/mol. The van der Waals surface area contributed by atoms with Crippen LogP contribution in [-0.2, 0) is 11.2 Å². The monoisotopic (exact) mass is 316 g/mol. The number of anilines is 1. The van der Waals surface area contributed by atoms with E-state index in [-0.39, 0.29) is 11.9 Å². The van der Waals surface area contributed by atoms with Crippen molar-refractivity contribution in [2.24, 2.45) is 0 Å². The molecule has 1 aliphatic heterocycles. The fourth-order valence-corrected chi connectivity index (χ4v) is 3.93. The highest BCUT2D eigenvalue weighted by Gasteiger charge is 2.30. The number of carbonyl (C=O) groups is 1. The molecule has 0 saturated heterocycles. The fraction of sp³-hybridized carbons (Fsp3) is 0.438. The van der Waals surface area contributed by atoms with Crippen molar-refractivity contribution in [3.05, 3.63) is 40.5 Å². The fourth-order valence-electron chi connectivity index (χ4n) is 3.00. The molecule has 0 spiro atoms. The lowest BCUT2D eigenvalue weighted by Gasteiger charge is -2.36. The maximum atomic E-state index is 12.7. The molecule has 0 radical (unpaired) electrons. The molecule has 2 aromatic heterocycles. The maximum absolute atomic E-state index is 12.7. The van der Waals surface area contributed by atoms with Gasteiger partial charge < -0.3 is 9.80 Å². The largest absolute Gasteiger partial charge is 0.349 e. The van der Waals surface area contributed by atoms with Gasteiger partial charge in [0.05, 0.1) is 18.8 Å². The van der Waals surface area contributed by atoms with E-state index in [1.54, 1.807) is 29.9 Å². The first kappa shape index (κ1) is 15.0. The van der Waals surface area contributed by atoms with Crippen molar-refractivity contribution in [2.45, 2.75) is 25.8 Å². The Morgan fingerprint density at radius 1 is 1.50 bits per heavy atom. The topological polar surface area (TPSA) is 49.3 Å². The summed E-state index contributed by atoms with van der Waals surface area (Å²) in [6.45, 7) is 3.28. The average Bonchev–Trinajstić information content (AvgIpc) is 3.03. The van der Waals surface area contributed by atoms with Crippen LogP contribution in [0.2, 0.25) is 0 Å².